The second kappa shape index (κ2) is 11.8. The van der Waals surface area contributed by atoms with Crippen molar-refractivity contribution in [1.82, 2.24) is 15.2 Å². The van der Waals surface area contributed by atoms with Gasteiger partial charge in [-0.15, -0.1) is 0 Å². The van der Waals surface area contributed by atoms with E-state index in [2.05, 4.69) is 43.3 Å². The zero-order valence-electron chi connectivity index (χ0n) is 16.3. The summed E-state index contributed by atoms with van der Waals surface area (Å²) in [6.07, 6.45) is 5.13. The minimum atomic E-state index is -0.0778. The van der Waals surface area contributed by atoms with Crippen molar-refractivity contribution in [3.05, 3.63) is 52.3 Å². The Kier molecular flexibility index (Phi) is 9.42. The van der Waals surface area contributed by atoms with E-state index in [1.807, 2.05) is 26.0 Å². The van der Waals surface area contributed by atoms with Crippen LogP contribution in [0.4, 0.5) is 0 Å². The number of benzene rings is 1. The molecule has 1 aliphatic heterocycles. The molecule has 0 aliphatic carbocycles. The summed E-state index contributed by atoms with van der Waals surface area (Å²) in [5, 5.41) is 2.91. The van der Waals surface area contributed by atoms with Crippen LogP contribution in [0.5, 0.6) is 5.75 Å². The Morgan fingerprint density at radius 1 is 1.26 bits per heavy atom. The molecule has 27 heavy (non-hydrogen) atoms. The zero-order valence-corrected chi connectivity index (χ0v) is 17.8. The van der Waals surface area contributed by atoms with E-state index < -0.39 is 0 Å². The monoisotopic (exact) mass is 435 g/mol. The third-order valence-corrected chi connectivity index (χ3v) is 5.02. The second-order valence-electron chi connectivity index (χ2n) is 6.25. The zero-order chi connectivity index (χ0) is 19.5. The molecule has 1 aromatic heterocycles. The number of amides is 1. The first-order valence-corrected chi connectivity index (χ1v) is 10.6. The molecule has 1 aliphatic rings. The summed E-state index contributed by atoms with van der Waals surface area (Å²) >= 11 is 3.58. The van der Waals surface area contributed by atoms with Crippen LogP contribution in [-0.2, 0) is 6.42 Å². The fourth-order valence-electron chi connectivity index (χ4n) is 3.00. The lowest BCUT2D eigenvalue weighted by atomic mass is 10.1. The number of carbonyl (C=O) groups excluding carboxylic acids is 1. The molecule has 0 atom stereocenters. The maximum Gasteiger partial charge on any atom is 0.267 e. The Labute approximate surface area is 170 Å². The standard InChI is InChI=1S/C19H24BrN3O2.C2H6/c20-16-14-15(7-9-22-19(24)17-4-3-8-21-17)5-6-18(16)25-13-12-23-10-1-2-11-23;1-2/h3-6,8,14,21H,1-2,7,9-13H2,(H,22,24);1-2H3. The van der Waals surface area contributed by atoms with Crippen LogP contribution in [0.3, 0.4) is 0 Å². The van der Waals surface area contributed by atoms with Gasteiger partial charge in [0, 0.05) is 19.3 Å². The molecule has 2 aromatic rings. The first-order valence-electron chi connectivity index (χ1n) is 9.77. The van der Waals surface area contributed by atoms with Crippen LogP contribution < -0.4 is 10.1 Å². The Morgan fingerprint density at radius 2 is 2.04 bits per heavy atom. The van der Waals surface area contributed by atoms with E-state index >= 15 is 0 Å². The van der Waals surface area contributed by atoms with Crippen LogP contribution in [0.25, 0.3) is 0 Å². The first kappa shape index (κ1) is 21.5. The number of hydrogen-bond acceptors (Lipinski definition) is 3. The molecule has 5 nitrogen and oxygen atoms in total. The predicted octanol–water partition coefficient (Wildman–Crippen LogP) is 4.25. The predicted molar refractivity (Wildman–Crippen MR) is 113 cm³/mol. The lowest BCUT2D eigenvalue weighted by Gasteiger charge is -2.16. The molecule has 2 heterocycles. The van der Waals surface area contributed by atoms with E-state index in [1.54, 1.807) is 12.3 Å². The largest absolute Gasteiger partial charge is 0.491 e. The molecule has 6 heteroatoms. The van der Waals surface area contributed by atoms with Crippen molar-refractivity contribution in [3.63, 3.8) is 0 Å². The molecule has 0 bridgehead atoms. The van der Waals surface area contributed by atoms with Gasteiger partial charge in [0.05, 0.1) is 4.47 Å². The number of aromatic amines is 1. The molecule has 0 radical (unpaired) electrons. The second-order valence-corrected chi connectivity index (χ2v) is 7.11. The molecule has 1 fully saturated rings. The molecule has 0 saturated carbocycles. The molecule has 148 valence electrons. The van der Waals surface area contributed by atoms with E-state index in [0.29, 0.717) is 18.8 Å². The number of halogens is 1. The Balaban J connectivity index is 0.00000126. The van der Waals surface area contributed by atoms with Crippen LogP contribution in [0.1, 0.15) is 42.7 Å². The third-order valence-electron chi connectivity index (χ3n) is 4.40. The van der Waals surface area contributed by atoms with Gasteiger partial charge in [0.2, 0.25) is 0 Å². The van der Waals surface area contributed by atoms with Crippen molar-refractivity contribution in [2.45, 2.75) is 33.1 Å². The highest BCUT2D eigenvalue weighted by Gasteiger charge is 2.11. The molecule has 3 rings (SSSR count). The highest BCUT2D eigenvalue weighted by Crippen LogP contribution is 2.26. The Hall–Kier alpha value is -1.79. The summed E-state index contributed by atoms with van der Waals surface area (Å²) in [7, 11) is 0. The molecule has 1 amide bonds. The molecule has 0 spiro atoms. The molecule has 0 unspecified atom stereocenters. The highest BCUT2D eigenvalue weighted by atomic mass is 79.9. The first-order chi connectivity index (χ1) is 13.2. The average molecular weight is 436 g/mol. The van der Waals surface area contributed by atoms with Gasteiger partial charge >= 0.3 is 0 Å². The average Bonchev–Trinajstić information content (AvgIpc) is 3.39. The summed E-state index contributed by atoms with van der Waals surface area (Å²) in [6.45, 7) is 8.68. The minimum Gasteiger partial charge on any atom is -0.491 e. The van der Waals surface area contributed by atoms with Gasteiger partial charge in [-0.2, -0.15) is 0 Å². The number of hydrogen-bond donors (Lipinski definition) is 2. The number of nitrogens with zero attached hydrogens (tertiary/aromatic N) is 1. The Bertz CT molecular complexity index is 683. The number of likely N-dealkylation sites (tertiary alicyclic amines) is 1. The minimum absolute atomic E-state index is 0.0778. The smallest absolute Gasteiger partial charge is 0.267 e. The molecule has 1 aromatic carbocycles. The number of H-pyrrole nitrogens is 1. The molecular formula is C21H30BrN3O2. The molecular weight excluding hydrogens is 406 g/mol. The maximum absolute atomic E-state index is 11.9. The number of aromatic nitrogens is 1. The SMILES string of the molecule is CC.O=C(NCCc1ccc(OCCN2CCCC2)c(Br)c1)c1ccc[nH]1. The highest BCUT2D eigenvalue weighted by molar-refractivity contribution is 9.10. The van der Waals surface area contributed by atoms with E-state index in [9.17, 15) is 4.79 Å². The number of rotatable bonds is 8. The van der Waals surface area contributed by atoms with Crippen molar-refractivity contribution in [2.75, 3.05) is 32.8 Å². The van der Waals surface area contributed by atoms with Gasteiger partial charge in [-0.25, -0.2) is 0 Å². The molecule has 1 saturated heterocycles. The van der Waals surface area contributed by atoms with Crippen molar-refractivity contribution in [2.24, 2.45) is 0 Å². The van der Waals surface area contributed by atoms with Gasteiger partial charge < -0.3 is 15.0 Å². The van der Waals surface area contributed by atoms with Crippen LogP contribution in [0, 0.1) is 0 Å². The third kappa shape index (κ3) is 7.03. The lowest BCUT2D eigenvalue weighted by molar-refractivity contribution is 0.0950. The topological polar surface area (TPSA) is 57.4 Å². The van der Waals surface area contributed by atoms with Crippen LogP contribution in [0.15, 0.2) is 41.0 Å². The van der Waals surface area contributed by atoms with E-state index in [1.165, 1.54) is 25.9 Å². The van der Waals surface area contributed by atoms with Crippen LogP contribution in [0.2, 0.25) is 0 Å². The lowest BCUT2D eigenvalue weighted by Crippen LogP contribution is -2.26. The quantitative estimate of drug-likeness (QED) is 0.651. The van der Waals surface area contributed by atoms with Gasteiger partial charge in [-0.05, 0) is 78.1 Å². The van der Waals surface area contributed by atoms with Crippen molar-refractivity contribution in [1.29, 1.82) is 0 Å². The van der Waals surface area contributed by atoms with E-state index in [-0.39, 0.29) is 5.91 Å². The number of ether oxygens (including phenoxy) is 1. The Morgan fingerprint density at radius 3 is 2.70 bits per heavy atom. The summed E-state index contributed by atoms with van der Waals surface area (Å²) in [4.78, 5) is 17.2. The number of nitrogens with one attached hydrogen (secondary N) is 2. The van der Waals surface area contributed by atoms with Crippen molar-refractivity contribution < 1.29 is 9.53 Å². The summed E-state index contributed by atoms with van der Waals surface area (Å²) in [5.41, 5.74) is 1.74. The summed E-state index contributed by atoms with van der Waals surface area (Å²) in [5.74, 6) is 0.796. The maximum atomic E-state index is 11.9. The van der Waals surface area contributed by atoms with Crippen LogP contribution >= 0.6 is 15.9 Å². The fourth-order valence-corrected chi connectivity index (χ4v) is 3.54. The van der Waals surface area contributed by atoms with Gasteiger partial charge in [0.1, 0.15) is 18.1 Å². The van der Waals surface area contributed by atoms with Crippen molar-refractivity contribution in [3.8, 4) is 5.75 Å². The fraction of sp³-hybridized carbons (Fsp3) is 0.476. The van der Waals surface area contributed by atoms with Crippen LogP contribution in [-0.4, -0.2) is 48.6 Å². The number of carbonyl (C=O) groups is 1. The van der Waals surface area contributed by atoms with E-state index in [4.69, 9.17) is 4.74 Å². The summed E-state index contributed by atoms with van der Waals surface area (Å²) in [6, 6.07) is 9.69. The normalized spacial score (nSPS) is 13.7. The van der Waals surface area contributed by atoms with Gasteiger partial charge in [-0.1, -0.05) is 19.9 Å². The van der Waals surface area contributed by atoms with E-state index in [0.717, 1.165) is 28.8 Å². The molecule has 2 N–H and O–H groups in total. The van der Waals surface area contributed by atoms with Gasteiger partial charge in [-0.3, -0.25) is 9.69 Å². The summed E-state index contributed by atoms with van der Waals surface area (Å²) < 4.78 is 6.84. The van der Waals surface area contributed by atoms with Crippen molar-refractivity contribution >= 4 is 21.8 Å². The van der Waals surface area contributed by atoms with Gasteiger partial charge in [0.25, 0.3) is 5.91 Å². The van der Waals surface area contributed by atoms with Gasteiger partial charge in [0.15, 0.2) is 0 Å².